The molecule has 92 valence electrons. The van der Waals surface area contributed by atoms with Crippen molar-refractivity contribution in [1.82, 2.24) is 0 Å². The van der Waals surface area contributed by atoms with Crippen LogP contribution < -0.4 is 16.2 Å². The number of rotatable bonds is 3. The Hall–Kier alpha value is -2.00. The molecule has 3 rings (SSSR count). The van der Waals surface area contributed by atoms with Crippen molar-refractivity contribution in [3.8, 4) is 11.5 Å². The molecule has 0 bridgehead atoms. The molecule has 0 radical (unpaired) electrons. The van der Waals surface area contributed by atoms with E-state index in [0.29, 0.717) is 0 Å². The molecule has 0 heterocycles. The standard InChI is InChI=1S/C15H16N2O/c16-12-4-6-13(7-5-12)18-14-3-1-2-11(10-14)15(17)8-9-15/h1-7,10H,8-9,16-17H2. The molecule has 0 aromatic heterocycles. The van der Waals surface area contributed by atoms with Gasteiger partial charge in [-0.15, -0.1) is 0 Å². The van der Waals surface area contributed by atoms with Crippen LogP contribution in [0.5, 0.6) is 11.5 Å². The summed E-state index contributed by atoms with van der Waals surface area (Å²) in [6.07, 6.45) is 2.11. The summed E-state index contributed by atoms with van der Waals surface area (Å²) in [7, 11) is 0. The molecular weight excluding hydrogens is 224 g/mol. The number of benzene rings is 2. The van der Waals surface area contributed by atoms with Crippen LogP contribution in [0, 0.1) is 0 Å². The second kappa shape index (κ2) is 4.03. The Morgan fingerprint density at radius 1 is 0.944 bits per heavy atom. The molecular formula is C15H16N2O. The van der Waals surface area contributed by atoms with Gasteiger partial charge in [-0.3, -0.25) is 0 Å². The summed E-state index contributed by atoms with van der Waals surface area (Å²) in [5.74, 6) is 1.59. The van der Waals surface area contributed by atoms with Crippen molar-refractivity contribution in [2.24, 2.45) is 5.73 Å². The molecule has 4 N–H and O–H groups in total. The summed E-state index contributed by atoms with van der Waals surface area (Å²) in [6, 6.07) is 15.4. The van der Waals surface area contributed by atoms with Crippen molar-refractivity contribution < 1.29 is 4.74 Å². The van der Waals surface area contributed by atoms with Crippen LogP contribution in [0.25, 0.3) is 0 Å². The minimum absolute atomic E-state index is 0.125. The van der Waals surface area contributed by atoms with E-state index in [-0.39, 0.29) is 5.54 Å². The molecule has 0 spiro atoms. The third-order valence-electron chi connectivity index (χ3n) is 3.31. The SMILES string of the molecule is Nc1ccc(Oc2cccc(C3(N)CC3)c2)cc1. The van der Waals surface area contributed by atoms with Gasteiger partial charge in [0.2, 0.25) is 0 Å². The van der Waals surface area contributed by atoms with Gasteiger partial charge in [0.15, 0.2) is 0 Å². The topological polar surface area (TPSA) is 61.3 Å². The van der Waals surface area contributed by atoms with E-state index in [1.54, 1.807) is 0 Å². The first kappa shape index (κ1) is 11.1. The fourth-order valence-electron chi connectivity index (χ4n) is 1.96. The Morgan fingerprint density at radius 2 is 1.67 bits per heavy atom. The van der Waals surface area contributed by atoms with Gasteiger partial charge in [0, 0.05) is 11.2 Å². The first-order valence-electron chi connectivity index (χ1n) is 6.09. The molecule has 1 saturated carbocycles. The molecule has 1 fully saturated rings. The highest BCUT2D eigenvalue weighted by Gasteiger charge is 2.40. The number of anilines is 1. The summed E-state index contributed by atoms with van der Waals surface area (Å²) < 4.78 is 5.79. The lowest BCUT2D eigenvalue weighted by atomic mass is 10.1. The van der Waals surface area contributed by atoms with Crippen LogP contribution in [-0.4, -0.2) is 0 Å². The minimum Gasteiger partial charge on any atom is -0.457 e. The first-order valence-corrected chi connectivity index (χ1v) is 6.09. The van der Waals surface area contributed by atoms with Crippen LogP contribution in [-0.2, 0) is 5.54 Å². The van der Waals surface area contributed by atoms with Crippen molar-refractivity contribution in [3.63, 3.8) is 0 Å². The average molecular weight is 240 g/mol. The third kappa shape index (κ3) is 2.17. The highest BCUT2D eigenvalue weighted by atomic mass is 16.5. The van der Waals surface area contributed by atoms with Crippen LogP contribution in [0.2, 0.25) is 0 Å². The van der Waals surface area contributed by atoms with Crippen molar-refractivity contribution in [1.29, 1.82) is 0 Å². The smallest absolute Gasteiger partial charge is 0.127 e. The molecule has 0 amide bonds. The Bertz CT molecular complexity index is 559. The minimum atomic E-state index is -0.125. The molecule has 2 aromatic rings. The van der Waals surface area contributed by atoms with E-state index in [2.05, 4.69) is 6.07 Å². The molecule has 3 nitrogen and oxygen atoms in total. The predicted octanol–water partition coefficient (Wildman–Crippen LogP) is 3.01. The van der Waals surface area contributed by atoms with Crippen molar-refractivity contribution in [3.05, 3.63) is 54.1 Å². The van der Waals surface area contributed by atoms with Gasteiger partial charge in [-0.2, -0.15) is 0 Å². The Morgan fingerprint density at radius 3 is 2.33 bits per heavy atom. The number of nitrogen functional groups attached to an aromatic ring is 1. The molecule has 0 unspecified atom stereocenters. The van der Waals surface area contributed by atoms with Gasteiger partial charge >= 0.3 is 0 Å². The highest BCUT2D eigenvalue weighted by Crippen LogP contribution is 2.43. The van der Waals surface area contributed by atoms with Crippen LogP contribution in [0.1, 0.15) is 18.4 Å². The second-order valence-electron chi connectivity index (χ2n) is 4.86. The van der Waals surface area contributed by atoms with Crippen molar-refractivity contribution in [2.45, 2.75) is 18.4 Å². The Balaban J connectivity index is 1.82. The van der Waals surface area contributed by atoms with Gasteiger partial charge in [0.05, 0.1) is 0 Å². The second-order valence-corrected chi connectivity index (χ2v) is 4.86. The van der Waals surface area contributed by atoms with Gasteiger partial charge < -0.3 is 16.2 Å². The fourth-order valence-corrected chi connectivity index (χ4v) is 1.96. The van der Waals surface area contributed by atoms with Crippen LogP contribution in [0.4, 0.5) is 5.69 Å². The van der Waals surface area contributed by atoms with E-state index in [1.807, 2.05) is 42.5 Å². The van der Waals surface area contributed by atoms with E-state index in [0.717, 1.165) is 35.6 Å². The molecule has 18 heavy (non-hydrogen) atoms. The fraction of sp³-hybridized carbons (Fsp3) is 0.200. The lowest BCUT2D eigenvalue weighted by Gasteiger charge is -2.11. The zero-order valence-corrected chi connectivity index (χ0v) is 10.1. The van der Waals surface area contributed by atoms with E-state index in [1.165, 1.54) is 0 Å². The highest BCUT2D eigenvalue weighted by molar-refractivity contribution is 5.44. The average Bonchev–Trinajstić information content (AvgIpc) is 3.12. The van der Waals surface area contributed by atoms with Gasteiger partial charge in [0.25, 0.3) is 0 Å². The Labute approximate surface area is 106 Å². The quantitative estimate of drug-likeness (QED) is 0.811. The van der Waals surface area contributed by atoms with E-state index < -0.39 is 0 Å². The monoisotopic (exact) mass is 240 g/mol. The van der Waals surface area contributed by atoms with E-state index >= 15 is 0 Å². The summed E-state index contributed by atoms with van der Waals surface area (Å²) in [4.78, 5) is 0. The van der Waals surface area contributed by atoms with Gasteiger partial charge in [-0.25, -0.2) is 0 Å². The lowest BCUT2D eigenvalue weighted by Crippen LogP contribution is -2.18. The maximum atomic E-state index is 6.18. The van der Waals surface area contributed by atoms with Crippen molar-refractivity contribution in [2.75, 3.05) is 5.73 Å². The molecule has 0 atom stereocenters. The molecule has 0 saturated heterocycles. The lowest BCUT2D eigenvalue weighted by molar-refractivity contribution is 0.481. The van der Waals surface area contributed by atoms with Crippen LogP contribution in [0.15, 0.2) is 48.5 Å². The van der Waals surface area contributed by atoms with Crippen molar-refractivity contribution >= 4 is 5.69 Å². The molecule has 2 aromatic carbocycles. The van der Waals surface area contributed by atoms with Gasteiger partial charge in [-0.05, 0) is 54.8 Å². The van der Waals surface area contributed by atoms with E-state index in [9.17, 15) is 0 Å². The normalized spacial score (nSPS) is 16.3. The molecule has 1 aliphatic carbocycles. The first-order chi connectivity index (χ1) is 8.66. The molecule has 3 heteroatoms. The van der Waals surface area contributed by atoms with Crippen LogP contribution >= 0.6 is 0 Å². The summed E-state index contributed by atoms with van der Waals surface area (Å²) in [6.45, 7) is 0. The maximum Gasteiger partial charge on any atom is 0.127 e. The number of hydrogen-bond acceptors (Lipinski definition) is 3. The summed E-state index contributed by atoms with van der Waals surface area (Å²) in [5, 5.41) is 0. The maximum absolute atomic E-state index is 6.18. The largest absolute Gasteiger partial charge is 0.457 e. The number of ether oxygens (including phenoxy) is 1. The predicted molar refractivity (Wildman–Crippen MR) is 72.5 cm³/mol. The zero-order chi connectivity index (χ0) is 12.6. The Kier molecular flexibility index (Phi) is 2.49. The molecule has 1 aliphatic rings. The van der Waals surface area contributed by atoms with Crippen LogP contribution in [0.3, 0.4) is 0 Å². The van der Waals surface area contributed by atoms with Gasteiger partial charge in [-0.1, -0.05) is 12.1 Å². The van der Waals surface area contributed by atoms with E-state index in [4.69, 9.17) is 16.2 Å². The van der Waals surface area contributed by atoms with Gasteiger partial charge in [0.1, 0.15) is 11.5 Å². The molecule has 0 aliphatic heterocycles. The third-order valence-corrected chi connectivity index (χ3v) is 3.31. The zero-order valence-electron chi connectivity index (χ0n) is 10.1. The number of hydrogen-bond donors (Lipinski definition) is 2. The number of nitrogens with two attached hydrogens (primary N) is 2. The summed E-state index contributed by atoms with van der Waals surface area (Å²) >= 11 is 0. The summed E-state index contributed by atoms with van der Waals surface area (Å²) in [5.41, 5.74) is 13.6.